The largest absolute Gasteiger partial charge is 0.489 e. The molecular formula is C13H14N2O2. The lowest BCUT2D eigenvalue weighted by molar-refractivity contribution is 0.1000. The first-order valence-electron chi connectivity index (χ1n) is 5.67. The van der Waals surface area contributed by atoms with Crippen molar-refractivity contribution in [2.45, 2.75) is 25.4 Å². The third-order valence-corrected chi connectivity index (χ3v) is 3.04. The normalized spacial score (nSPS) is 23.0. The van der Waals surface area contributed by atoms with Crippen molar-refractivity contribution in [2.24, 2.45) is 11.7 Å². The highest BCUT2D eigenvalue weighted by molar-refractivity contribution is 5.92. The molecule has 0 aliphatic heterocycles. The molecule has 1 fully saturated rings. The van der Waals surface area contributed by atoms with E-state index in [1.165, 1.54) is 0 Å². The zero-order valence-corrected chi connectivity index (χ0v) is 9.43. The monoisotopic (exact) mass is 230 g/mol. The highest BCUT2D eigenvalue weighted by Crippen LogP contribution is 2.29. The van der Waals surface area contributed by atoms with E-state index in [-0.39, 0.29) is 12.0 Å². The molecule has 1 saturated carbocycles. The van der Waals surface area contributed by atoms with Crippen LogP contribution in [0.15, 0.2) is 24.3 Å². The molecule has 0 bridgehead atoms. The first-order chi connectivity index (χ1) is 8.20. The van der Waals surface area contributed by atoms with Crippen LogP contribution in [-0.4, -0.2) is 12.0 Å². The molecule has 0 aromatic heterocycles. The molecule has 2 rings (SSSR count). The summed E-state index contributed by atoms with van der Waals surface area (Å²) < 4.78 is 5.74. The Bertz CT molecular complexity index is 447. The zero-order chi connectivity index (χ0) is 12.3. The van der Waals surface area contributed by atoms with E-state index in [1.54, 1.807) is 24.3 Å². The lowest BCUT2D eigenvalue weighted by Crippen LogP contribution is -2.20. The Hall–Kier alpha value is -2.02. The summed E-state index contributed by atoms with van der Waals surface area (Å²) in [6.07, 6.45) is 2.82. The van der Waals surface area contributed by atoms with Crippen LogP contribution in [0.2, 0.25) is 0 Å². The van der Waals surface area contributed by atoms with E-state index in [0.717, 1.165) is 19.3 Å². The molecule has 0 saturated heterocycles. The number of nitrogens with zero attached hydrogens (tertiary/aromatic N) is 1. The van der Waals surface area contributed by atoms with Crippen molar-refractivity contribution in [1.82, 2.24) is 0 Å². The molecule has 1 aliphatic carbocycles. The minimum absolute atomic E-state index is 0.0224. The molecule has 4 nitrogen and oxygen atoms in total. The molecule has 4 heteroatoms. The summed E-state index contributed by atoms with van der Waals surface area (Å²) in [4.78, 5) is 10.9. The number of ether oxygens (including phenoxy) is 1. The maximum Gasteiger partial charge on any atom is 0.248 e. The second-order valence-electron chi connectivity index (χ2n) is 4.21. The molecule has 1 amide bonds. The number of nitriles is 1. The summed E-state index contributed by atoms with van der Waals surface area (Å²) >= 11 is 0. The predicted octanol–water partition coefficient (Wildman–Crippen LogP) is 1.86. The van der Waals surface area contributed by atoms with Crippen LogP contribution in [0.3, 0.4) is 0 Å². The molecule has 1 aliphatic rings. The number of carbonyl (C=O) groups excluding carboxylic acids is 1. The maximum absolute atomic E-state index is 10.9. The Morgan fingerprint density at radius 1 is 1.35 bits per heavy atom. The molecule has 17 heavy (non-hydrogen) atoms. The van der Waals surface area contributed by atoms with Crippen molar-refractivity contribution in [3.05, 3.63) is 29.8 Å². The predicted molar refractivity (Wildman–Crippen MR) is 62.3 cm³/mol. The summed E-state index contributed by atoms with van der Waals surface area (Å²) in [5, 5.41) is 8.94. The second-order valence-corrected chi connectivity index (χ2v) is 4.21. The third kappa shape index (κ3) is 2.56. The Morgan fingerprint density at radius 3 is 2.65 bits per heavy atom. The van der Waals surface area contributed by atoms with E-state index < -0.39 is 5.91 Å². The fourth-order valence-electron chi connectivity index (χ4n) is 2.09. The number of hydrogen-bond acceptors (Lipinski definition) is 3. The van der Waals surface area contributed by atoms with Crippen molar-refractivity contribution in [1.29, 1.82) is 5.26 Å². The maximum atomic E-state index is 10.9. The Kier molecular flexibility index (Phi) is 3.29. The summed E-state index contributed by atoms with van der Waals surface area (Å²) in [7, 11) is 0. The van der Waals surface area contributed by atoms with E-state index in [2.05, 4.69) is 6.07 Å². The van der Waals surface area contributed by atoms with Gasteiger partial charge >= 0.3 is 0 Å². The molecule has 88 valence electrons. The van der Waals surface area contributed by atoms with E-state index in [1.807, 2.05) is 0 Å². The van der Waals surface area contributed by atoms with Crippen LogP contribution in [-0.2, 0) is 0 Å². The van der Waals surface area contributed by atoms with Crippen molar-refractivity contribution < 1.29 is 9.53 Å². The molecule has 1 aromatic carbocycles. The highest BCUT2D eigenvalue weighted by Gasteiger charge is 2.28. The van der Waals surface area contributed by atoms with Gasteiger partial charge in [-0.25, -0.2) is 0 Å². The summed E-state index contributed by atoms with van der Waals surface area (Å²) in [6, 6.07) is 8.96. The standard InChI is InChI=1S/C13H14N2O2/c14-8-10-2-1-3-12(10)17-11-6-4-9(5-7-11)13(15)16/h4-7,10,12H,1-3H2,(H2,15,16). The van der Waals surface area contributed by atoms with Gasteiger partial charge in [0.05, 0.1) is 12.0 Å². The fraction of sp³-hybridized carbons (Fsp3) is 0.385. The van der Waals surface area contributed by atoms with E-state index in [4.69, 9.17) is 15.7 Å². The van der Waals surface area contributed by atoms with Gasteiger partial charge in [0.25, 0.3) is 0 Å². The van der Waals surface area contributed by atoms with Gasteiger partial charge in [0.2, 0.25) is 5.91 Å². The van der Waals surface area contributed by atoms with Crippen LogP contribution < -0.4 is 10.5 Å². The van der Waals surface area contributed by atoms with Gasteiger partial charge in [0.15, 0.2) is 0 Å². The summed E-state index contributed by atoms with van der Waals surface area (Å²) in [5.41, 5.74) is 5.61. The van der Waals surface area contributed by atoms with Crippen molar-refractivity contribution in [3.8, 4) is 11.8 Å². The van der Waals surface area contributed by atoms with Crippen LogP contribution in [0.1, 0.15) is 29.6 Å². The van der Waals surface area contributed by atoms with Gasteiger partial charge in [0, 0.05) is 5.56 Å². The quantitative estimate of drug-likeness (QED) is 0.860. The molecule has 0 heterocycles. The van der Waals surface area contributed by atoms with Gasteiger partial charge in [-0.3, -0.25) is 4.79 Å². The molecule has 2 unspecified atom stereocenters. The van der Waals surface area contributed by atoms with Crippen LogP contribution in [0.5, 0.6) is 5.75 Å². The highest BCUT2D eigenvalue weighted by atomic mass is 16.5. The van der Waals surface area contributed by atoms with E-state index >= 15 is 0 Å². The summed E-state index contributed by atoms with van der Waals surface area (Å²) in [5.74, 6) is 0.209. The number of carbonyl (C=O) groups is 1. The molecule has 2 atom stereocenters. The topological polar surface area (TPSA) is 76.1 Å². The SMILES string of the molecule is N#CC1CCCC1Oc1ccc(C(N)=O)cc1. The Morgan fingerprint density at radius 2 is 2.06 bits per heavy atom. The van der Waals surface area contributed by atoms with Gasteiger partial charge in [-0.05, 0) is 43.5 Å². The van der Waals surface area contributed by atoms with Gasteiger partial charge < -0.3 is 10.5 Å². The van der Waals surface area contributed by atoms with Gasteiger partial charge in [-0.1, -0.05) is 0 Å². The minimum Gasteiger partial charge on any atom is -0.489 e. The number of hydrogen-bond donors (Lipinski definition) is 1. The minimum atomic E-state index is -0.452. The molecule has 0 spiro atoms. The van der Waals surface area contributed by atoms with Crippen molar-refractivity contribution in [2.75, 3.05) is 0 Å². The van der Waals surface area contributed by atoms with Crippen molar-refractivity contribution >= 4 is 5.91 Å². The van der Waals surface area contributed by atoms with Crippen LogP contribution >= 0.6 is 0 Å². The number of primary amides is 1. The number of benzene rings is 1. The van der Waals surface area contributed by atoms with E-state index in [9.17, 15) is 4.79 Å². The molecular weight excluding hydrogens is 216 g/mol. The van der Waals surface area contributed by atoms with Gasteiger partial charge in [-0.15, -0.1) is 0 Å². The van der Waals surface area contributed by atoms with E-state index in [0.29, 0.717) is 11.3 Å². The van der Waals surface area contributed by atoms with Gasteiger partial charge in [-0.2, -0.15) is 5.26 Å². The number of rotatable bonds is 3. The first-order valence-corrected chi connectivity index (χ1v) is 5.67. The van der Waals surface area contributed by atoms with Crippen LogP contribution in [0.4, 0.5) is 0 Å². The first kappa shape index (κ1) is 11.5. The molecule has 1 aromatic rings. The lowest BCUT2D eigenvalue weighted by atomic mass is 10.1. The Labute approximate surface area is 100.0 Å². The fourth-order valence-corrected chi connectivity index (χ4v) is 2.09. The average Bonchev–Trinajstić information content (AvgIpc) is 2.77. The molecule has 2 N–H and O–H groups in total. The molecule has 0 radical (unpaired) electrons. The Balaban J connectivity index is 2.04. The van der Waals surface area contributed by atoms with Crippen LogP contribution in [0, 0.1) is 17.2 Å². The van der Waals surface area contributed by atoms with Crippen molar-refractivity contribution in [3.63, 3.8) is 0 Å². The number of amides is 1. The lowest BCUT2D eigenvalue weighted by Gasteiger charge is -2.16. The second kappa shape index (κ2) is 4.88. The zero-order valence-electron chi connectivity index (χ0n) is 9.43. The average molecular weight is 230 g/mol. The van der Waals surface area contributed by atoms with Crippen LogP contribution in [0.25, 0.3) is 0 Å². The number of nitrogens with two attached hydrogens (primary N) is 1. The summed E-state index contributed by atoms with van der Waals surface area (Å²) in [6.45, 7) is 0. The van der Waals surface area contributed by atoms with Gasteiger partial charge in [0.1, 0.15) is 11.9 Å². The third-order valence-electron chi connectivity index (χ3n) is 3.04. The smallest absolute Gasteiger partial charge is 0.248 e.